The topological polar surface area (TPSA) is 47.7 Å². The summed E-state index contributed by atoms with van der Waals surface area (Å²) in [4.78, 5) is 0. The van der Waals surface area contributed by atoms with Crippen molar-refractivity contribution in [3.63, 3.8) is 0 Å². The van der Waals surface area contributed by atoms with Gasteiger partial charge in [0, 0.05) is 5.92 Å². The van der Waals surface area contributed by atoms with Crippen molar-refractivity contribution in [3.8, 4) is 0 Å². The predicted molar refractivity (Wildman–Crippen MR) is 52.1 cm³/mol. The fourth-order valence-electron chi connectivity index (χ4n) is 1.33. The lowest BCUT2D eigenvalue weighted by molar-refractivity contribution is 0.864. The average Bonchev–Trinajstić information content (AvgIpc) is 2.07. The maximum absolute atomic E-state index is 7.67. The van der Waals surface area contributed by atoms with Crippen LogP contribution in [0.2, 0.25) is 0 Å². The van der Waals surface area contributed by atoms with Crippen LogP contribution in [-0.2, 0) is 0 Å². The zero-order valence-electron chi connectivity index (χ0n) is 7.52. The molecule has 1 unspecified atom stereocenters. The minimum absolute atomic E-state index is 0.131. The van der Waals surface area contributed by atoms with Gasteiger partial charge in [0.2, 0.25) is 0 Å². The van der Waals surface area contributed by atoms with Crippen LogP contribution in [0.15, 0.2) is 23.8 Å². The standard InChI is InChI=1S/C10H14N2/c1-3-4-8-6-5-7(2)9(11)10(8)12/h3-5,8,11-12H,6H2,1-2H3. The van der Waals surface area contributed by atoms with Crippen LogP contribution in [0.1, 0.15) is 20.3 Å². The van der Waals surface area contributed by atoms with E-state index >= 15 is 0 Å². The van der Waals surface area contributed by atoms with E-state index in [1.165, 1.54) is 0 Å². The van der Waals surface area contributed by atoms with Crippen LogP contribution < -0.4 is 0 Å². The van der Waals surface area contributed by atoms with Gasteiger partial charge in [0.25, 0.3) is 0 Å². The van der Waals surface area contributed by atoms with Crippen molar-refractivity contribution in [1.29, 1.82) is 10.8 Å². The highest BCUT2D eigenvalue weighted by Crippen LogP contribution is 2.18. The van der Waals surface area contributed by atoms with Crippen molar-refractivity contribution in [2.45, 2.75) is 20.3 Å². The molecule has 0 radical (unpaired) electrons. The molecule has 0 aliphatic heterocycles. The monoisotopic (exact) mass is 162 g/mol. The molecule has 1 aliphatic rings. The van der Waals surface area contributed by atoms with Crippen molar-refractivity contribution in [3.05, 3.63) is 23.8 Å². The molecule has 0 bridgehead atoms. The van der Waals surface area contributed by atoms with Crippen molar-refractivity contribution in [2.75, 3.05) is 0 Å². The van der Waals surface area contributed by atoms with E-state index in [1.807, 2.05) is 32.1 Å². The molecule has 2 heteroatoms. The minimum Gasteiger partial charge on any atom is -0.302 e. The van der Waals surface area contributed by atoms with E-state index in [4.69, 9.17) is 10.8 Å². The summed E-state index contributed by atoms with van der Waals surface area (Å²) >= 11 is 0. The molecular weight excluding hydrogens is 148 g/mol. The number of hydrogen-bond acceptors (Lipinski definition) is 2. The highest BCUT2D eigenvalue weighted by Gasteiger charge is 2.20. The normalized spacial score (nSPS) is 24.8. The summed E-state index contributed by atoms with van der Waals surface area (Å²) in [5.74, 6) is 0.131. The summed E-state index contributed by atoms with van der Waals surface area (Å²) in [6.07, 6.45) is 6.84. The van der Waals surface area contributed by atoms with Crippen LogP contribution in [0.3, 0.4) is 0 Å². The SMILES string of the molecule is CC=CC1CC=C(C)C(=N)C1=N. The Labute approximate surface area is 73.0 Å². The van der Waals surface area contributed by atoms with E-state index < -0.39 is 0 Å². The number of hydrogen-bond donors (Lipinski definition) is 2. The fraction of sp³-hybridized carbons (Fsp3) is 0.400. The second-order valence-corrected chi connectivity index (χ2v) is 3.04. The first kappa shape index (κ1) is 8.91. The largest absolute Gasteiger partial charge is 0.302 e. The Balaban J connectivity index is 2.87. The summed E-state index contributed by atoms with van der Waals surface area (Å²) in [6, 6.07) is 0. The average molecular weight is 162 g/mol. The van der Waals surface area contributed by atoms with E-state index in [0.29, 0.717) is 11.4 Å². The van der Waals surface area contributed by atoms with Gasteiger partial charge in [-0.25, -0.2) is 0 Å². The van der Waals surface area contributed by atoms with Gasteiger partial charge in [0.05, 0.1) is 11.4 Å². The van der Waals surface area contributed by atoms with Gasteiger partial charge in [0.15, 0.2) is 0 Å². The lowest BCUT2D eigenvalue weighted by Gasteiger charge is -2.19. The molecule has 0 aromatic carbocycles. The molecule has 0 spiro atoms. The summed E-state index contributed by atoms with van der Waals surface area (Å²) < 4.78 is 0. The van der Waals surface area contributed by atoms with Gasteiger partial charge in [-0.3, -0.25) is 5.41 Å². The van der Waals surface area contributed by atoms with Crippen molar-refractivity contribution in [2.24, 2.45) is 5.92 Å². The summed E-state index contributed by atoms with van der Waals surface area (Å²) in [5.41, 5.74) is 1.78. The molecule has 2 N–H and O–H groups in total. The fourth-order valence-corrected chi connectivity index (χ4v) is 1.33. The maximum atomic E-state index is 7.67. The molecule has 0 saturated carbocycles. The molecule has 0 aromatic heterocycles. The van der Waals surface area contributed by atoms with E-state index in [0.717, 1.165) is 12.0 Å². The highest BCUT2D eigenvalue weighted by molar-refractivity contribution is 6.47. The lowest BCUT2D eigenvalue weighted by atomic mass is 9.86. The first-order chi connectivity index (χ1) is 5.66. The lowest BCUT2D eigenvalue weighted by Crippen LogP contribution is -2.25. The first-order valence-corrected chi connectivity index (χ1v) is 4.14. The number of nitrogens with one attached hydrogen (secondary N) is 2. The van der Waals surface area contributed by atoms with E-state index in [2.05, 4.69) is 0 Å². The second-order valence-electron chi connectivity index (χ2n) is 3.04. The minimum atomic E-state index is 0.131. The molecule has 0 heterocycles. The zero-order chi connectivity index (χ0) is 9.14. The Morgan fingerprint density at radius 3 is 2.75 bits per heavy atom. The van der Waals surface area contributed by atoms with Crippen molar-refractivity contribution >= 4 is 11.4 Å². The Kier molecular flexibility index (Phi) is 2.58. The van der Waals surface area contributed by atoms with Crippen LogP contribution in [0.25, 0.3) is 0 Å². The van der Waals surface area contributed by atoms with Crippen molar-refractivity contribution < 1.29 is 0 Å². The smallest absolute Gasteiger partial charge is 0.0779 e. The molecule has 0 aromatic rings. The van der Waals surface area contributed by atoms with E-state index in [1.54, 1.807) is 0 Å². The Bertz CT molecular complexity index is 272. The molecule has 1 rings (SSSR count). The van der Waals surface area contributed by atoms with Gasteiger partial charge in [-0.1, -0.05) is 18.2 Å². The molecule has 0 saturated heterocycles. The molecular formula is C10H14N2. The van der Waals surface area contributed by atoms with Crippen LogP contribution in [0, 0.1) is 16.7 Å². The molecule has 2 nitrogen and oxygen atoms in total. The van der Waals surface area contributed by atoms with Gasteiger partial charge in [-0.2, -0.15) is 0 Å². The summed E-state index contributed by atoms with van der Waals surface area (Å²) in [6.45, 7) is 3.84. The molecule has 1 atom stereocenters. The van der Waals surface area contributed by atoms with Crippen LogP contribution in [0.4, 0.5) is 0 Å². The number of allylic oxidation sites excluding steroid dienone is 4. The van der Waals surface area contributed by atoms with Gasteiger partial charge < -0.3 is 5.41 Å². The predicted octanol–water partition coefficient (Wildman–Crippen LogP) is 2.57. The first-order valence-electron chi connectivity index (χ1n) is 4.14. The molecule has 0 fully saturated rings. The quantitative estimate of drug-likeness (QED) is 0.557. The maximum Gasteiger partial charge on any atom is 0.0779 e. The van der Waals surface area contributed by atoms with Gasteiger partial charge in [0.1, 0.15) is 0 Å². The third-order valence-electron chi connectivity index (χ3n) is 2.14. The van der Waals surface area contributed by atoms with Gasteiger partial charge >= 0.3 is 0 Å². The zero-order valence-corrected chi connectivity index (χ0v) is 7.52. The molecule has 1 aliphatic carbocycles. The molecule has 0 amide bonds. The third kappa shape index (κ3) is 1.52. The summed E-state index contributed by atoms with van der Waals surface area (Å²) in [5, 5.41) is 15.3. The van der Waals surface area contributed by atoms with Crippen molar-refractivity contribution in [1.82, 2.24) is 0 Å². The highest BCUT2D eigenvalue weighted by atomic mass is 14.6. The van der Waals surface area contributed by atoms with Crippen LogP contribution in [-0.4, -0.2) is 11.4 Å². The Morgan fingerprint density at radius 2 is 2.17 bits per heavy atom. The second kappa shape index (κ2) is 3.48. The summed E-state index contributed by atoms with van der Waals surface area (Å²) in [7, 11) is 0. The Hall–Kier alpha value is -1.18. The van der Waals surface area contributed by atoms with Gasteiger partial charge in [-0.15, -0.1) is 0 Å². The van der Waals surface area contributed by atoms with E-state index in [9.17, 15) is 0 Å². The molecule has 64 valence electrons. The Morgan fingerprint density at radius 1 is 1.50 bits per heavy atom. The number of rotatable bonds is 1. The van der Waals surface area contributed by atoms with Crippen LogP contribution in [0.5, 0.6) is 0 Å². The van der Waals surface area contributed by atoms with Gasteiger partial charge in [-0.05, 0) is 25.8 Å². The molecule has 12 heavy (non-hydrogen) atoms. The third-order valence-corrected chi connectivity index (χ3v) is 2.14. The van der Waals surface area contributed by atoms with Crippen LogP contribution >= 0.6 is 0 Å². The van der Waals surface area contributed by atoms with E-state index in [-0.39, 0.29) is 5.92 Å².